The Morgan fingerprint density at radius 2 is 1.74 bits per heavy atom. The summed E-state index contributed by atoms with van der Waals surface area (Å²) in [6.07, 6.45) is 2.37. The van der Waals surface area contributed by atoms with Gasteiger partial charge < -0.3 is 20.1 Å². The van der Waals surface area contributed by atoms with Crippen molar-refractivity contribution in [3.8, 4) is 0 Å². The Balaban J connectivity index is 1.40. The van der Waals surface area contributed by atoms with Gasteiger partial charge in [-0.05, 0) is 36.8 Å². The third-order valence-electron chi connectivity index (χ3n) is 4.76. The van der Waals surface area contributed by atoms with Crippen molar-refractivity contribution in [1.29, 1.82) is 0 Å². The van der Waals surface area contributed by atoms with Crippen LogP contribution in [0.15, 0.2) is 54.9 Å². The SMILES string of the molecule is O=C(Nc1ccccc1)N1CCCN(C(=O)c2ccc3nc[nH]c3c2)CC1. The highest BCUT2D eigenvalue weighted by Gasteiger charge is 2.23. The van der Waals surface area contributed by atoms with Crippen LogP contribution in [0.4, 0.5) is 10.5 Å². The first-order chi connectivity index (χ1) is 13.2. The van der Waals surface area contributed by atoms with E-state index in [4.69, 9.17) is 0 Å². The number of urea groups is 1. The molecular weight excluding hydrogens is 342 g/mol. The van der Waals surface area contributed by atoms with Crippen LogP contribution in [0, 0.1) is 0 Å². The smallest absolute Gasteiger partial charge is 0.321 e. The standard InChI is InChI=1S/C20H21N5O2/c26-19(15-7-8-17-18(13-15)22-14-21-17)24-9-4-10-25(12-11-24)20(27)23-16-5-2-1-3-6-16/h1-3,5-8,13-14H,4,9-12H2,(H,21,22)(H,23,27). The van der Waals surface area contributed by atoms with Crippen LogP contribution in [0.2, 0.25) is 0 Å². The minimum Gasteiger partial charge on any atom is -0.345 e. The summed E-state index contributed by atoms with van der Waals surface area (Å²) in [7, 11) is 0. The number of H-pyrrole nitrogens is 1. The van der Waals surface area contributed by atoms with Gasteiger partial charge in [0, 0.05) is 37.4 Å². The summed E-state index contributed by atoms with van der Waals surface area (Å²) in [4.78, 5) is 36.1. The van der Waals surface area contributed by atoms with Crippen molar-refractivity contribution in [3.63, 3.8) is 0 Å². The molecule has 3 amide bonds. The summed E-state index contributed by atoms with van der Waals surface area (Å²) in [5, 5.41) is 2.90. The number of fused-ring (bicyclic) bond motifs is 1. The van der Waals surface area contributed by atoms with Crippen molar-refractivity contribution in [2.45, 2.75) is 6.42 Å². The summed E-state index contributed by atoms with van der Waals surface area (Å²) in [5.41, 5.74) is 3.09. The fourth-order valence-corrected chi connectivity index (χ4v) is 3.30. The van der Waals surface area contributed by atoms with Crippen LogP contribution in [-0.4, -0.2) is 57.9 Å². The van der Waals surface area contributed by atoms with Gasteiger partial charge in [0.1, 0.15) is 0 Å². The largest absolute Gasteiger partial charge is 0.345 e. The zero-order chi connectivity index (χ0) is 18.6. The first-order valence-electron chi connectivity index (χ1n) is 9.04. The molecule has 1 aliphatic heterocycles. The average molecular weight is 363 g/mol. The Morgan fingerprint density at radius 3 is 2.59 bits per heavy atom. The van der Waals surface area contributed by atoms with Gasteiger partial charge in [0.15, 0.2) is 0 Å². The van der Waals surface area contributed by atoms with E-state index in [9.17, 15) is 9.59 Å². The number of carbonyl (C=O) groups is 2. The molecule has 0 atom stereocenters. The van der Waals surface area contributed by atoms with Gasteiger partial charge in [0.2, 0.25) is 0 Å². The predicted molar refractivity (Wildman–Crippen MR) is 104 cm³/mol. The molecule has 1 aromatic heterocycles. The number of rotatable bonds is 2. The van der Waals surface area contributed by atoms with Crippen molar-refractivity contribution in [3.05, 3.63) is 60.4 Å². The molecule has 27 heavy (non-hydrogen) atoms. The summed E-state index contributed by atoms with van der Waals surface area (Å²) < 4.78 is 0. The van der Waals surface area contributed by atoms with E-state index in [1.165, 1.54) is 0 Å². The Hall–Kier alpha value is -3.35. The lowest BCUT2D eigenvalue weighted by molar-refractivity contribution is 0.0763. The van der Waals surface area contributed by atoms with Gasteiger partial charge in [0.25, 0.3) is 5.91 Å². The van der Waals surface area contributed by atoms with Gasteiger partial charge in [-0.3, -0.25) is 4.79 Å². The molecule has 0 radical (unpaired) electrons. The van der Waals surface area contributed by atoms with E-state index in [-0.39, 0.29) is 11.9 Å². The normalized spacial score (nSPS) is 14.8. The van der Waals surface area contributed by atoms with Crippen LogP contribution in [-0.2, 0) is 0 Å². The lowest BCUT2D eigenvalue weighted by atomic mass is 10.1. The first-order valence-corrected chi connectivity index (χ1v) is 9.04. The molecule has 1 saturated heterocycles. The Bertz CT molecular complexity index is 953. The van der Waals surface area contributed by atoms with Crippen molar-refractivity contribution >= 4 is 28.7 Å². The van der Waals surface area contributed by atoms with Gasteiger partial charge in [-0.25, -0.2) is 9.78 Å². The molecule has 1 aliphatic rings. The predicted octanol–water partition coefficient (Wildman–Crippen LogP) is 2.94. The van der Waals surface area contributed by atoms with Gasteiger partial charge >= 0.3 is 6.03 Å². The highest BCUT2D eigenvalue weighted by Crippen LogP contribution is 2.15. The molecule has 0 bridgehead atoms. The van der Waals surface area contributed by atoms with Crippen LogP contribution in [0.5, 0.6) is 0 Å². The lowest BCUT2D eigenvalue weighted by Gasteiger charge is -2.22. The Morgan fingerprint density at radius 1 is 0.963 bits per heavy atom. The minimum atomic E-state index is -0.130. The number of carbonyl (C=O) groups excluding carboxylic acids is 2. The maximum atomic E-state index is 12.9. The molecule has 2 N–H and O–H groups in total. The summed E-state index contributed by atoms with van der Waals surface area (Å²) in [6, 6.07) is 14.7. The topological polar surface area (TPSA) is 81.3 Å². The average Bonchev–Trinajstić information content (AvgIpc) is 3.02. The molecule has 0 saturated carbocycles. The van der Waals surface area contributed by atoms with Crippen LogP contribution in [0.25, 0.3) is 11.0 Å². The van der Waals surface area contributed by atoms with E-state index in [2.05, 4.69) is 15.3 Å². The van der Waals surface area contributed by atoms with Crippen LogP contribution >= 0.6 is 0 Å². The molecule has 7 nitrogen and oxygen atoms in total. The number of nitrogens with one attached hydrogen (secondary N) is 2. The van der Waals surface area contributed by atoms with Crippen LogP contribution < -0.4 is 5.32 Å². The highest BCUT2D eigenvalue weighted by molar-refractivity contribution is 5.97. The van der Waals surface area contributed by atoms with Gasteiger partial charge in [-0.15, -0.1) is 0 Å². The molecule has 3 aromatic rings. The fourth-order valence-electron chi connectivity index (χ4n) is 3.30. The second kappa shape index (κ2) is 7.49. The van der Waals surface area contributed by atoms with E-state index in [1.807, 2.05) is 47.4 Å². The zero-order valence-corrected chi connectivity index (χ0v) is 14.9. The quantitative estimate of drug-likeness (QED) is 0.734. The Kier molecular flexibility index (Phi) is 4.74. The number of benzene rings is 2. The number of hydrogen-bond donors (Lipinski definition) is 2. The second-order valence-corrected chi connectivity index (χ2v) is 6.56. The lowest BCUT2D eigenvalue weighted by Crippen LogP contribution is -2.39. The van der Waals surface area contributed by atoms with Crippen molar-refractivity contribution in [1.82, 2.24) is 19.8 Å². The van der Waals surface area contributed by atoms with E-state index >= 15 is 0 Å². The molecule has 7 heteroatoms. The maximum Gasteiger partial charge on any atom is 0.321 e. The summed E-state index contributed by atoms with van der Waals surface area (Å²) >= 11 is 0. The van der Waals surface area contributed by atoms with Crippen molar-refractivity contribution in [2.24, 2.45) is 0 Å². The number of para-hydroxylation sites is 1. The van der Waals surface area contributed by atoms with Crippen LogP contribution in [0.3, 0.4) is 0 Å². The van der Waals surface area contributed by atoms with Crippen molar-refractivity contribution in [2.75, 3.05) is 31.5 Å². The van der Waals surface area contributed by atoms with Gasteiger partial charge in [0.05, 0.1) is 17.4 Å². The van der Waals surface area contributed by atoms with E-state index in [1.54, 1.807) is 17.3 Å². The highest BCUT2D eigenvalue weighted by atomic mass is 16.2. The summed E-state index contributed by atoms with van der Waals surface area (Å²) in [6.45, 7) is 2.29. The molecule has 2 aromatic carbocycles. The number of hydrogen-bond acceptors (Lipinski definition) is 3. The molecule has 4 rings (SSSR count). The third-order valence-corrected chi connectivity index (χ3v) is 4.76. The molecule has 1 fully saturated rings. The number of aromatic amines is 1. The molecule has 0 aliphatic carbocycles. The monoisotopic (exact) mass is 363 g/mol. The van der Waals surface area contributed by atoms with Crippen LogP contribution in [0.1, 0.15) is 16.8 Å². The van der Waals surface area contributed by atoms with Crippen molar-refractivity contribution < 1.29 is 9.59 Å². The first kappa shape index (κ1) is 17.1. The fraction of sp³-hybridized carbons (Fsp3) is 0.250. The molecule has 2 heterocycles. The van der Waals surface area contributed by atoms with E-state index in [0.717, 1.165) is 23.1 Å². The zero-order valence-electron chi connectivity index (χ0n) is 14.9. The molecule has 0 unspecified atom stereocenters. The maximum absolute atomic E-state index is 12.9. The number of imidazole rings is 1. The molecular formula is C20H21N5O2. The summed E-state index contributed by atoms with van der Waals surface area (Å²) in [5.74, 6) is -0.0168. The molecule has 0 spiro atoms. The Labute approximate surface area is 157 Å². The number of amides is 3. The second-order valence-electron chi connectivity index (χ2n) is 6.56. The van der Waals surface area contributed by atoms with E-state index in [0.29, 0.717) is 31.7 Å². The number of nitrogens with zero attached hydrogens (tertiary/aromatic N) is 3. The molecule has 138 valence electrons. The third kappa shape index (κ3) is 3.76. The number of aromatic nitrogens is 2. The number of anilines is 1. The van der Waals surface area contributed by atoms with E-state index < -0.39 is 0 Å². The van der Waals surface area contributed by atoms with Gasteiger partial charge in [-0.1, -0.05) is 18.2 Å². The van der Waals surface area contributed by atoms with Gasteiger partial charge in [-0.2, -0.15) is 0 Å². The minimum absolute atomic E-state index is 0.0168.